The zero-order valence-corrected chi connectivity index (χ0v) is 28.1. The van der Waals surface area contributed by atoms with Crippen LogP contribution in [0.3, 0.4) is 0 Å². The molecule has 40 heavy (non-hydrogen) atoms. The van der Waals surface area contributed by atoms with Crippen LogP contribution >= 0.6 is 12.4 Å². The van der Waals surface area contributed by atoms with E-state index in [1.807, 2.05) is 46.4 Å². The van der Waals surface area contributed by atoms with Gasteiger partial charge in [-0.05, 0) is 62.3 Å². The Bertz CT molecular complexity index is 888. The monoisotopic (exact) mass is 608 g/mol. The van der Waals surface area contributed by atoms with Crippen molar-refractivity contribution in [2.24, 2.45) is 0 Å². The average molecular weight is 609 g/mol. The molecule has 0 aromatic rings. The van der Waals surface area contributed by atoms with Crippen LogP contribution in [0.15, 0.2) is 0 Å². The molecule has 0 saturated carbocycles. The molecule has 0 atom stereocenters. The maximum atomic E-state index is 10.6. The van der Waals surface area contributed by atoms with E-state index in [0.29, 0.717) is 26.2 Å². The topological polar surface area (TPSA) is 203 Å². The van der Waals surface area contributed by atoms with Crippen molar-refractivity contribution in [1.29, 1.82) is 0 Å². The van der Waals surface area contributed by atoms with Crippen molar-refractivity contribution in [1.82, 2.24) is 14.7 Å². The Balaban J connectivity index is 0. The summed E-state index contributed by atoms with van der Waals surface area (Å²) in [5, 5.41) is 50.9. The summed E-state index contributed by atoms with van der Waals surface area (Å²) in [6, 6.07) is -0.325. The van der Waals surface area contributed by atoms with Gasteiger partial charge in [0.2, 0.25) is 6.04 Å². The first-order valence-electron chi connectivity index (χ1n) is 12.4. The molecule has 3 aliphatic heterocycles. The van der Waals surface area contributed by atoms with Gasteiger partial charge >= 0.3 is 35.2 Å². The molecule has 18 heteroatoms. The van der Waals surface area contributed by atoms with Crippen LogP contribution < -0.4 is 29.6 Å². The van der Waals surface area contributed by atoms with Crippen molar-refractivity contribution >= 4 is 12.4 Å². The minimum atomic E-state index is -1.98. The van der Waals surface area contributed by atoms with Gasteiger partial charge in [0.1, 0.15) is 29.5 Å². The number of likely N-dealkylation sites (tertiary alicyclic amines) is 3. The summed E-state index contributed by atoms with van der Waals surface area (Å²) in [7, 11) is 0. The zero-order chi connectivity index (χ0) is 30.1. The Hall–Kier alpha value is -1.27. The van der Waals surface area contributed by atoms with E-state index in [4.69, 9.17) is 5.11 Å². The first-order chi connectivity index (χ1) is 16.9. The predicted molar refractivity (Wildman–Crippen MR) is 146 cm³/mol. The number of nitrogens with zero attached hydrogens (tertiary/aromatic N) is 7. The quantitative estimate of drug-likeness (QED) is 0.166. The molecule has 3 saturated heterocycles. The van der Waals surface area contributed by atoms with Crippen molar-refractivity contribution < 1.29 is 54.4 Å². The van der Waals surface area contributed by atoms with Crippen molar-refractivity contribution in [3.8, 4) is 0 Å². The Morgan fingerprint density at radius 3 is 1.23 bits per heavy atom. The van der Waals surface area contributed by atoms with Gasteiger partial charge in [-0.15, -0.1) is 12.4 Å². The SMILES string of the molecule is CC(C)(C)N1CC(CO)([N+](=O)[O-])C1.CC(C)(C)N1CC([N+](=O)[O-])([N+](=O)[O-])C1.CC(C)(C)N1CC([N+](=O)[O-])C1.Cl.[Na+]. The normalized spacial score (nSPS) is 20.6. The minimum absolute atomic E-state index is 0. The van der Waals surface area contributed by atoms with E-state index in [0.717, 1.165) is 0 Å². The first-order valence-corrected chi connectivity index (χ1v) is 12.4. The van der Waals surface area contributed by atoms with Crippen LogP contribution in [0.5, 0.6) is 0 Å². The molecular weight excluding hydrogens is 565 g/mol. The van der Waals surface area contributed by atoms with Crippen LogP contribution in [0.25, 0.3) is 0 Å². The summed E-state index contributed by atoms with van der Waals surface area (Å²) in [6.45, 7) is 19.2. The summed E-state index contributed by atoms with van der Waals surface area (Å²) in [6.07, 6.45) is 0. The molecule has 0 bridgehead atoms. The standard InChI is InChI=1S/C8H16N2O3.C7H13N3O4.C7H14N2O2.ClH.Na/c1-7(2,3)9-4-8(5-9,6-11)10(12)13;1-6(2,3)8-4-7(5-8,9(11)12)10(13)14;1-7(2,3)8-4-6(5-8)9(10)11;;/h11H,4-6H2,1-3H3;4-5H2,1-3H3;6H,4-5H2,1-3H3;1H;/q;;;;+1. The van der Waals surface area contributed by atoms with Crippen molar-refractivity contribution in [2.75, 3.05) is 45.9 Å². The third-order valence-corrected chi connectivity index (χ3v) is 7.23. The van der Waals surface area contributed by atoms with E-state index < -0.39 is 21.0 Å². The molecule has 0 radical (unpaired) electrons. The molecular formula is C22H44ClN7NaO9+. The zero-order valence-electron chi connectivity index (χ0n) is 25.3. The molecule has 3 heterocycles. The maximum absolute atomic E-state index is 10.6. The van der Waals surface area contributed by atoms with Crippen molar-refractivity contribution in [2.45, 2.75) is 96.2 Å². The van der Waals surface area contributed by atoms with Crippen LogP contribution in [0.2, 0.25) is 0 Å². The Morgan fingerprint density at radius 2 is 1.00 bits per heavy atom. The van der Waals surface area contributed by atoms with E-state index in [1.165, 1.54) is 0 Å². The molecule has 3 rings (SSSR count). The smallest absolute Gasteiger partial charge is 0.389 e. The number of hydrogen-bond donors (Lipinski definition) is 1. The number of aliphatic hydroxyl groups is 1. The second kappa shape index (κ2) is 14.3. The van der Waals surface area contributed by atoms with Gasteiger partial charge in [-0.2, -0.15) is 0 Å². The fraction of sp³-hybridized carbons (Fsp3) is 1.00. The molecule has 0 aromatic heterocycles. The third kappa shape index (κ3) is 9.64. The number of nitro groups is 4. The van der Waals surface area contributed by atoms with Crippen LogP contribution in [-0.2, 0) is 0 Å². The maximum Gasteiger partial charge on any atom is 1.00 e. The van der Waals surface area contributed by atoms with E-state index in [1.54, 1.807) is 4.90 Å². The fourth-order valence-corrected chi connectivity index (χ4v) is 3.89. The molecule has 0 aliphatic carbocycles. The van der Waals surface area contributed by atoms with Crippen LogP contribution in [0.1, 0.15) is 62.3 Å². The second-order valence-electron chi connectivity index (χ2n) is 13.2. The largest absolute Gasteiger partial charge is 1.00 e. The fourth-order valence-electron chi connectivity index (χ4n) is 3.89. The number of hydrogen-bond acceptors (Lipinski definition) is 12. The number of rotatable bonds is 5. The molecule has 0 unspecified atom stereocenters. The second-order valence-corrected chi connectivity index (χ2v) is 13.2. The minimum Gasteiger partial charge on any atom is -0.389 e. The molecule has 0 spiro atoms. The third-order valence-electron chi connectivity index (χ3n) is 7.23. The van der Waals surface area contributed by atoms with Gasteiger partial charge < -0.3 is 5.11 Å². The molecule has 0 aromatic carbocycles. The summed E-state index contributed by atoms with van der Waals surface area (Å²) in [4.78, 5) is 45.6. The summed E-state index contributed by atoms with van der Waals surface area (Å²) in [5.41, 5.74) is -3.29. The predicted octanol–water partition coefficient (Wildman–Crippen LogP) is -1.37. The van der Waals surface area contributed by atoms with E-state index in [-0.39, 0.29) is 94.2 Å². The number of aliphatic hydroxyl groups excluding tert-OH is 1. The Morgan fingerprint density at radius 1 is 0.675 bits per heavy atom. The Kier molecular flexibility index (Phi) is 14.6. The van der Waals surface area contributed by atoms with Crippen LogP contribution in [0.4, 0.5) is 0 Å². The van der Waals surface area contributed by atoms with Gasteiger partial charge in [-0.3, -0.25) is 55.2 Å². The number of halogens is 1. The summed E-state index contributed by atoms with van der Waals surface area (Å²) >= 11 is 0. The van der Waals surface area contributed by atoms with E-state index >= 15 is 0 Å². The van der Waals surface area contributed by atoms with Gasteiger partial charge in [-0.1, -0.05) is 0 Å². The molecule has 0 amide bonds. The van der Waals surface area contributed by atoms with Crippen LogP contribution in [0, 0.1) is 40.5 Å². The summed E-state index contributed by atoms with van der Waals surface area (Å²) in [5.74, 6) is 0. The van der Waals surface area contributed by atoms with Gasteiger partial charge in [0, 0.05) is 26.5 Å². The Labute approximate surface area is 263 Å². The van der Waals surface area contributed by atoms with Gasteiger partial charge in [-0.25, -0.2) is 0 Å². The van der Waals surface area contributed by atoms with Crippen molar-refractivity contribution in [3.05, 3.63) is 40.5 Å². The molecule has 3 aliphatic rings. The van der Waals surface area contributed by atoms with Gasteiger partial charge in [0.25, 0.3) is 5.54 Å². The van der Waals surface area contributed by atoms with Gasteiger partial charge in [0.15, 0.2) is 0 Å². The summed E-state index contributed by atoms with van der Waals surface area (Å²) < 4.78 is 0. The van der Waals surface area contributed by atoms with E-state index in [2.05, 4.69) is 25.7 Å². The molecule has 16 nitrogen and oxygen atoms in total. The average Bonchev–Trinajstić information content (AvgIpc) is 2.54. The molecule has 1 N–H and O–H groups in total. The van der Waals surface area contributed by atoms with Crippen LogP contribution in [-0.4, -0.2) is 119 Å². The molecule has 228 valence electrons. The molecule has 3 fully saturated rings. The van der Waals surface area contributed by atoms with Crippen molar-refractivity contribution in [3.63, 3.8) is 0 Å². The van der Waals surface area contributed by atoms with E-state index in [9.17, 15) is 40.5 Å². The first kappa shape index (κ1) is 40.9. The van der Waals surface area contributed by atoms with Gasteiger partial charge in [0.05, 0.1) is 26.2 Å².